The van der Waals surface area contributed by atoms with E-state index in [9.17, 15) is 4.79 Å². The summed E-state index contributed by atoms with van der Waals surface area (Å²) in [4.78, 5) is 19.2. The summed E-state index contributed by atoms with van der Waals surface area (Å²) in [7, 11) is 5.41. The normalized spacial score (nSPS) is 17.0. The molecule has 0 bridgehead atoms. The van der Waals surface area contributed by atoms with Crippen LogP contribution in [0.5, 0.6) is 0 Å². The van der Waals surface area contributed by atoms with Crippen LogP contribution in [0.25, 0.3) is 5.65 Å². The van der Waals surface area contributed by atoms with Crippen LogP contribution in [0.15, 0.2) is 12.1 Å². The van der Waals surface area contributed by atoms with Gasteiger partial charge in [-0.1, -0.05) is 0 Å². The highest BCUT2D eigenvalue weighted by Gasteiger charge is 2.40. The molecule has 0 unspecified atom stereocenters. The first-order valence-corrected chi connectivity index (χ1v) is 7.94. The van der Waals surface area contributed by atoms with Gasteiger partial charge in [0, 0.05) is 59.4 Å². The van der Waals surface area contributed by atoms with Gasteiger partial charge in [0.25, 0.3) is 5.91 Å². The van der Waals surface area contributed by atoms with Crippen LogP contribution in [0, 0.1) is 6.92 Å². The van der Waals surface area contributed by atoms with E-state index in [2.05, 4.69) is 15.4 Å². The molecular formula is C16H23N5O3. The average molecular weight is 333 g/mol. The van der Waals surface area contributed by atoms with Crippen LogP contribution < -0.4 is 10.2 Å². The van der Waals surface area contributed by atoms with E-state index < -0.39 is 5.60 Å². The number of fused-ring (bicyclic) bond motifs is 1. The van der Waals surface area contributed by atoms with Crippen LogP contribution in [0.1, 0.15) is 18.5 Å². The van der Waals surface area contributed by atoms with Crippen LogP contribution >= 0.6 is 0 Å². The summed E-state index contributed by atoms with van der Waals surface area (Å²) in [5, 5.41) is 7.33. The molecule has 2 aromatic heterocycles. The summed E-state index contributed by atoms with van der Waals surface area (Å²) in [5.41, 5.74) is 0.694. The minimum atomic E-state index is -0.861. The number of aryl methyl sites for hydroxylation is 1. The molecule has 8 heteroatoms. The molecule has 1 amide bonds. The van der Waals surface area contributed by atoms with Gasteiger partial charge in [0.15, 0.2) is 11.2 Å². The Labute approximate surface area is 140 Å². The predicted octanol–water partition coefficient (Wildman–Crippen LogP) is 1.24. The van der Waals surface area contributed by atoms with Gasteiger partial charge in [0.05, 0.1) is 5.69 Å². The summed E-state index contributed by atoms with van der Waals surface area (Å²) < 4.78 is 12.6. The lowest BCUT2D eigenvalue weighted by Crippen LogP contribution is -2.48. The number of hydrogen-bond acceptors (Lipinski definition) is 6. The van der Waals surface area contributed by atoms with Crippen molar-refractivity contribution in [2.45, 2.75) is 25.4 Å². The number of rotatable bonds is 4. The molecule has 0 aliphatic carbocycles. The fourth-order valence-corrected chi connectivity index (χ4v) is 2.91. The van der Waals surface area contributed by atoms with Crippen molar-refractivity contribution in [2.24, 2.45) is 0 Å². The van der Waals surface area contributed by atoms with Gasteiger partial charge in [-0.25, -0.2) is 4.98 Å². The molecule has 1 aliphatic heterocycles. The van der Waals surface area contributed by atoms with E-state index in [1.54, 1.807) is 17.7 Å². The molecular weight excluding hydrogens is 310 g/mol. The van der Waals surface area contributed by atoms with Crippen molar-refractivity contribution < 1.29 is 14.3 Å². The highest BCUT2D eigenvalue weighted by Crippen LogP contribution is 2.27. The first-order chi connectivity index (χ1) is 11.4. The van der Waals surface area contributed by atoms with Crippen LogP contribution in [0.3, 0.4) is 0 Å². The van der Waals surface area contributed by atoms with Crippen molar-refractivity contribution in [1.29, 1.82) is 0 Å². The van der Waals surface area contributed by atoms with Crippen molar-refractivity contribution in [2.75, 3.05) is 44.6 Å². The summed E-state index contributed by atoms with van der Waals surface area (Å²) in [6, 6.07) is 3.68. The first-order valence-electron chi connectivity index (χ1n) is 7.94. The minimum absolute atomic E-state index is 0.189. The number of nitrogens with one attached hydrogen (secondary N) is 1. The second-order valence-electron chi connectivity index (χ2n) is 6.21. The van der Waals surface area contributed by atoms with Gasteiger partial charge in [-0.15, -0.1) is 0 Å². The van der Waals surface area contributed by atoms with Crippen molar-refractivity contribution in [3.8, 4) is 0 Å². The molecule has 1 N–H and O–H groups in total. The number of hydrogen-bond donors (Lipinski definition) is 1. The molecule has 3 heterocycles. The number of amides is 1. The van der Waals surface area contributed by atoms with Crippen molar-refractivity contribution >= 4 is 23.2 Å². The van der Waals surface area contributed by atoms with Gasteiger partial charge >= 0.3 is 0 Å². The Kier molecular flexibility index (Phi) is 4.42. The molecule has 1 aliphatic rings. The first kappa shape index (κ1) is 16.7. The largest absolute Gasteiger partial charge is 0.381 e. The topological polar surface area (TPSA) is 81.0 Å². The van der Waals surface area contributed by atoms with E-state index in [0.29, 0.717) is 37.5 Å². The number of anilines is 2. The highest BCUT2D eigenvalue weighted by molar-refractivity contribution is 5.97. The Balaban J connectivity index is 1.93. The maximum Gasteiger partial charge on any atom is 0.257 e. The van der Waals surface area contributed by atoms with Gasteiger partial charge < -0.3 is 19.7 Å². The molecule has 8 nitrogen and oxygen atoms in total. The second-order valence-corrected chi connectivity index (χ2v) is 6.21. The Morgan fingerprint density at radius 2 is 2.08 bits per heavy atom. The standard InChI is InChI=1S/C16H23N5O3/c1-11-9-13-17-12(10-14(20(2)3)21(13)19-11)18-15(22)16(23-4)5-7-24-8-6-16/h9-10H,5-8H2,1-4H3,(H,17,18,22). The maximum absolute atomic E-state index is 12.8. The molecule has 0 atom stereocenters. The zero-order valence-electron chi connectivity index (χ0n) is 14.5. The monoisotopic (exact) mass is 333 g/mol. The van der Waals surface area contributed by atoms with Crippen molar-refractivity contribution in [1.82, 2.24) is 14.6 Å². The second kappa shape index (κ2) is 6.37. The van der Waals surface area contributed by atoms with E-state index in [1.165, 1.54) is 0 Å². The summed E-state index contributed by atoms with van der Waals surface area (Å²) in [6.45, 7) is 2.94. The zero-order valence-corrected chi connectivity index (χ0v) is 14.5. The van der Waals surface area contributed by atoms with Crippen LogP contribution in [-0.2, 0) is 14.3 Å². The molecule has 2 aromatic rings. The number of carbonyl (C=O) groups excluding carboxylic acids is 1. The van der Waals surface area contributed by atoms with Crippen LogP contribution in [0.4, 0.5) is 11.6 Å². The van der Waals surface area contributed by atoms with Crippen LogP contribution in [0.2, 0.25) is 0 Å². The van der Waals surface area contributed by atoms with Crippen molar-refractivity contribution in [3.05, 3.63) is 17.8 Å². The van der Waals surface area contributed by atoms with E-state index in [4.69, 9.17) is 9.47 Å². The van der Waals surface area contributed by atoms with Gasteiger partial charge in [0.2, 0.25) is 0 Å². The fraction of sp³-hybridized carbons (Fsp3) is 0.562. The van der Waals surface area contributed by atoms with Crippen LogP contribution in [-0.4, -0.2) is 60.5 Å². The molecule has 0 aromatic carbocycles. The lowest BCUT2D eigenvalue weighted by molar-refractivity contribution is -0.149. The van der Waals surface area contributed by atoms with E-state index in [0.717, 1.165) is 11.5 Å². The number of methoxy groups -OCH3 is 1. The average Bonchev–Trinajstić information content (AvgIpc) is 2.94. The number of carbonyl (C=O) groups is 1. The molecule has 0 radical (unpaired) electrons. The SMILES string of the molecule is COC1(C(=O)Nc2cc(N(C)C)n3nc(C)cc3n2)CCOCC1. The number of nitrogens with zero attached hydrogens (tertiary/aromatic N) is 4. The van der Waals surface area contributed by atoms with Gasteiger partial charge in [0.1, 0.15) is 11.6 Å². The molecule has 1 saturated heterocycles. The number of ether oxygens (including phenoxy) is 2. The highest BCUT2D eigenvalue weighted by atomic mass is 16.5. The minimum Gasteiger partial charge on any atom is -0.381 e. The third-order valence-corrected chi connectivity index (χ3v) is 4.34. The number of aromatic nitrogens is 3. The molecule has 130 valence electrons. The van der Waals surface area contributed by atoms with E-state index in [-0.39, 0.29) is 5.91 Å². The maximum atomic E-state index is 12.8. The lowest BCUT2D eigenvalue weighted by atomic mass is 9.93. The third kappa shape index (κ3) is 2.94. The smallest absolute Gasteiger partial charge is 0.257 e. The quantitative estimate of drug-likeness (QED) is 0.907. The van der Waals surface area contributed by atoms with Crippen molar-refractivity contribution in [3.63, 3.8) is 0 Å². The fourth-order valence-electron chi connectivity index (χ4n) is 2.91. The molecule has 3 rings (SSSR count). The lowest BCUT2D eigenvalue weighted by Gasteiger charge is -2.34. The molecule has 1 fully saturated rings. The van der Waals surface area contributed by atoms with E-state index >= 15 is 0 Å². The van der Waals surface area contributed by atoms with Gasteiger partial charge in [-0.3, -0.25) is 4.79 Å². The molecule has 24 heavy (non-hydrogen) atoms. The van der Waals surface area contributed by atoms with E-state index in [1.807, 2.05) is 32.0 Å². The van der Waals surface area contributed by atoms with Gasteiger partial charge in [-0.2, -0.15) is 9.61 Å². The predicted molar refractivity (Wildman–Crippen MR) is 90.5 cm³/mol. The molecule has 0 saturated carbocycles. The Morgan fingerprint density at radius 3 is 2.71 bits per heavy atom. The third-order valence-electron chi connectivity index (χ3n) is 4.34. The van der Waals surface area contributed by atoms with Gasteiger partial charge in [-0.05, 0) is 6.92 Å². The summed E-state index contributed by atoms with van der Waals surface area (Å²) in [6.07, 6.45) is 1.06. The Bertz CT molecular complexity index is 749. The summed E-state index contributed by atoms with van der Waals surface area (Å²) >= 11 is 0. The molecule has 0 spiro atoms. The summed E-state index contributed by atoms with van der Waals surface area (Å²) in [5.74, 6) is 1.13. The Morgan fingerprint density at radius 1 is 1.38 bits per heavy atom. The Hall–Kier alpha value is -2.19. The zero-order chi connectivity index (χ0) is 17.3.